The molecule has 0 aliphatic carbocycles. The normalized spacial score (nSPS) is 18.8. The zero-order valence-corrected chi connectivity index (χ0v) is 12.5. The predicted molar refractivity (Wildman–Crippen MR) is 76.3 cm³/mol. The molecule has 1 unspecified atom stereocenters. The fourth-order valence-corrected chi connectivity index (χ4v) is 2.69. The van der Waals surface area contributed by atoms with E-state index in [1.54, 1.807) is 13.8 Å². The standard InChI is InChI=1S/C15H20N2O4/c1-8-12(10(3)18)9(2)17-13(8)15(20)21-11-6-4-5-7-16-14(11)19/h11,17H,4-7H2,1-3H3,(H,16,19). The zero-order chi connectivity index (χ0) is 15.6. The van der Waals surface area contributed by atoms with Gasteiger partial charge in [0.25, 0.3) is 5.91 Å². The van der Waals surface area contributed by atoms with Gasteiger partial charge in [-0.2, -0.15) is 0 Å². The van der Waals surface area contributed by atoms with Crippen molar-refractivity contribution in [3.05, 3.63) is 22.5 Å². The van der Waals surface area contributed by atoms with Gasteiger partial charge in [-0.15, -0.1) is 0 Å². The van der Waals surface area contributed by atoms with Crippen molar-refractivity contribution >= 4 is 17.7 Å². The summed E-state index contributed by atoms with van der Waals surface area (Å²) in [5.74, 6) is -0.953. The molecule has 114 valence electrons. The minimum atomic E-state index is -0.760. The number of esters is 1. The second-order valence-corrected chi connectivity index (χ2v) is 5.36. The Labute approximate surface area is 123 Å². The molecule has 1 aromatic rings. The van der Waals surface area contributed by atoms with E-state index < -0.39 is 12.1 Å². The molecule has 1 aliphatic rings. The van der Waals surface area contributed by atoms with Crippen LogP contribution in [0, 0.1) is 13.8 Å². The predicted octanol–water partition coefficient (Wildman–Crippen LogP) is 1.66. The Bertz CT molecular complexity index is 589. The largest absolute Gasteiger partial charge is 0.448 e. The maximum absolute atomic E-state index is 12.2. The van der Waals surface area contributed by atoms with Gasteiger partial charge in [0.05, 0.1) is 0 Å². The van der Waals surface area contributed by atoms with Crippen molar-refractivity contribution in [1.29, 1.82) is 0 Å². The molecule has 0 radical (unpaired) electrons. The molecule has 21 heavy (non-hydrogen) atoms. The highest BCUT2D eigenvalue weighted by atomic mass is 16.5. The number of rotatable bonds is 3. The van der Waals surface area contributed by atoms with Gasteiger partial charge in [-0.25, -0.2) is 4.79 Å². The average Bonchev–Trinajstić information content (AvgIpc) is 2.56. The number of H-pyrrole nitrogens is 1. The molecular formula is C15H20N2O4. The number of aromatic nitrogens is 1. The van der Waals surface area contributed by atoms with E-state index >= 15 is 0 Å². The lowest BCUT2D eigenvalue weighted by molar-refractivity contribution is -0.129. The molecule has 6 nitrogen and oxygen atoms in total. The Morgan fingerprint density at radius 3 is 2.57 bits per heavy atom. The number of Topliss-reactive ketones (excluding diaryl/α,β-unsaturated/α-hetero) is 1. The lowest BCUT2D eigenvalue weighted by Crippen LogP contribution is -2.36. The number of aromatic amines is 1. The van der Waals surface area contributed by atoms with E-state index in [1.807, 2.05) is 0 Å². The van der Waals surface area contributed by atoms with Gasteiger partial charge < -0.3 is 15.0 Å². The van der Waals surface area contributed by atoms with Crippen molar-refractivity contribution < 1.29 is 19.1 Å². The van der Waals surface area contributed by atoms with E-state index in [0.29, 0.717) is 29.8 Å². The maximum atomic E-state index is 12.2. The fourth-order valence-electron chi connectivity index (χ4n) is 2.69. The lowest BCUT2D eigenvalue weighted by Gasteiger charge is -2.14. The van der Waals surface area contributed by atoms with Gasteiger partial charge in [0.2, 0.25) is 0 Å². The van der Waals surface area contributed by atoms with Crippen LogP contribution in [0.2, 0.25) is 0 Å². The number of hydrogen-bond acceptors (Lipinski definition) is 4. The molecular weight excluding hydrogens is 272 g/mol. The van der Waals surface area contributed by atoms with Crippen molar-refractivity contribution in [2.24, 2.45) is 0 Å². The van der Waals surface area contributed by atoms with Crippen LogP contribution in [0.5, 0.6) is 0 Å². The first-order valence-corrected chi connectivity index (χ1v) is 7.10. The van der Waals surface area contributed by atoms with Crippen LogP contribution >= 0.6 is 0 Å². The average molecular weight is 292 g/mol. The quantitative estimate of drug-likeness (QED) is 0.655. The Morgan fingerprint density at radius 1 is 1.24 bits per heavy atom. The van der Waals surface area contributed by atoms with Gasteiger partial charge in [-0.1, -0.05) is 0 Å². The lowest BCUT2D eigenvalue weighted by atomic mass is 10.1. The van der Waals surface area contributed by atoms with E-state index in [2.05, 4.69) is 10.3 Å². The third-order valence-electron chi connectivity index (χ3n) is 3.73. The third-order valence-corrected chi connectivity index (χ3v) is 3.73. The van der Waals surface area contributed by atoms with Crippen molar-refractivity contribution in [1.82, 2.24) is 10.3 Å². The molecule has 0 saturated carbocycles. The van der Waals surface area contributed by atoms with Crippen LogP contribution in [-0.2, 0) is 9.53 Å². The summed E-state index contributed by atoms with van der Waals surface area (Å²) in [5.41, 5.74) is 1.96. The molecule has 1 saturated heterocycles. The Hall–Kier alpha value is -2.11. The van der Waals surface area contributed by atoms with Crippen molar-refractivity contribution in [3.8, 4) is 0 Å². The van der Waals surface area contributed by atoms with Crippen LogP contribution in [0.25, 0.3) is 0 Å². The fraction of sp³-hybridized carbons (Fsp3) is 0.533. The van der Waals surface area contributed by atoms with Crippen molar-refractivity contribution in [3.63, 3.8) is 0 Å². The summed E-state index contributed by atoms with van der Waals surface area (Å²) in [6, 6.07) is 0. The van der Waals surface area contributed by atoms with Crippen LogP contribution in [0.15, 0.2) is 0 Å². The molecule has 2 rings (SSSR count). The number of carbonyl (C=O) groups excluding carboxylic acids is 3. The van der Waals surface area contributed by atoms with E-state index in [9.17, 15) is 14.4 Å². The summed E-state index contributed by atoms with van der Waals surface area (Å²) >= 11 is 0. The third kappa shape index (κ3) is 3.15. The second kappa shape index (κ2) is 6.11. The van der Waals surface area contributed by atoms with Crippen LogP contribution in [0.4, 0.5) is 0 Å². The Balaban J connectivity index is 2.19. The number of nitrogens with one attached hydrogen (secondary N) is 2. The highest BCUT2D eigenvalue weighted by Gasteiger charge is 2.27. The highest BCUT2D eigenvalue weighted by Crippen LogP contribution is 2.20. The highest BCUT2D eigenvalue weighted by molar-refractivity contribution is 6.01. The molecule has 1 aromatic heterocycles. The number of amides is 1. The topological polar surface area (TPSA) is 88.3 Å². The van der Waals surface area contributed by atoms with Gasteiger partial charge in [0, 0.05) is 17.8 Å². The first-order chi connectivity index (χ1) is 9.91. The minimum Gasteiger partial charge on any atom is -0.448 e. The molecule has 0 bridgehead atoms. The van der Waals surface area contributed by atoms with Gasteiger partial charge in [0.1, 0.15) is 5.69 Å². The summed E-state index contributed by atoms with van der Waals surface area (Å²) in [5, 5.41) is 2.72. The number of hydrogen-bond donors (Lipinski definition) is 2. The van der Waals surface area contributed by atoms with Crippen molar-refractivity contribution in [2.45, 2.75) is 46.1 Å². The summed E-state index contributed by atoms with van der Waals surface area (Å²) in [7, 11) is 0. The summed E-state index contributed by atoms with van der Waals surface area (Å²) < 4.78 is 5.31. The van der Waals surface area contributed by atoms with E-state index in [1.165, 1.54) is 6.92 Å². The van der Waals surface area contributed by atoms with Crippen LogP contribution < -0.4 is 5.32 Å². The van der Waals surface area contributed by atoms with Crippen LogP contribution in [0.1, 0.15) is 58.3 Å². The molecule has 1 atom stereocenters. The summed E-state index contributed by atoms with van der Waals surface area (Å²) in [6.07, 6.45) is 1.48. The Morgan fingerprint density at radius 2 is 1.95 bits per heavy atom. The van der Waals surface area contributed by atoms with E-state index in [0.717, 1.165) is 12.8 Å². The van der Waals surface area contributed by atoms with E-state index in [4.69, 9.17) is 4.74 Å². The van der Waals surface area contributed by atoms with Gasteiger partial charge in [0.15, 0.2) is 11.9 Å². The molecule has 1 amide bonds. The molecule has 1 fully saturated rings. The first-order valence-electron chi connectivity index (χ1n) is 7.10. The smallest absolute Gasteiger partial charge is 0.355 e. The number of ketones is 1. The molecule has 0 aromatic carbocycles. The minimum absolute atomic E-state index is 0.104. The molecule has 2 N–H and O–H groups in total. The number of carbonyl (C=O) groups is 3. The number of ether oxygens (including phenoxy) is 1. The van der Waals surface area contributed by atoms with Crippen LogP contribution in [0.3, 0.4) is 0 Å². The molecule has 1 aliphatic heterocycles. The first kappa shape index (κ1) is 15.3. The maximum Gasteiger partial charge on any atom is 0.355 e. The second-order valence-electron chi connectivity index (χ2n) is 5.36. The van der Waals surface area contributed by atoms with Crippen LogP contribution in [-0.4, -0.2) is 35.3 Å². The van der Waals surface area contributed by atoms with Gasteiger partial charge in [-0.05, 0) is 45.6 Å². The molecule has 6 heteroatoms. The Kier molecular flexibility index (Phi) is 4.45. The van der Waals surface area contributed by atoms with Gasteiger partial charge in [-0.3, -0.25) is 9.59 Å². The summed E-state index contributed by atoms with van der Waals surface area (Å²) in [6.45, 7) is 5.50. The van der Waals surface area contributed by atoms with Gasteiger partial charge >= 0.3 is 5.97 Å². The van der Waals surface area contributed by atoms with Crippen molar-refractivity contribution in [2.75, 3.05) is 6.54 Å². The van der Waals surface area contributed by atoms with E-state index in [-0.39, 0.29) is 17.4 Å². The summed E-state index contributed by atoms with van der Waals surface area (Å²) in [4.78, 5) is 38.5. The monoisotopic (exact) mass is 292 g/mol. The number of aryl methyl sites for hydroxylation is 1. The molecule has 2 heterocycles. The molecule has 0 spiro atoms. The zero-order valence-electron chi connectivity index (χ0n) is 12.5. The SMILES string of the molecule is CC(=O)c1c(C)[nH]c(C(=O)OC2CCCCNC2=O)c1C.